The van der Waals surface area contributed by atoms with Gasteiger partial charge in [0, 0.05) is 47.3 Å². The second kappa shape index (κ2) is 10.3. The standard InChI is InChI=1S/C27H50ClN7/c1-11-13-34(19-15-24(3,4)32-25(5,6)16-19)22-29-21(28)30-23(31-22)35(14-12-2)20-17-26(7,8)33-27(9,10)18-20/h19-20,32-33H,11-18H2,1-10H3. The molecule has 0 spiro atoms. The van der Waals surface area contributed by atoms with Crippen LogP contribution < -0.4 is 20.4 Å². The molecule has 1 aromatic heterocycles. The minimum absolute atomic E-state index is 0.0402. The highest BCUT2D eigenvalue weighted by Crippen LogP contribution is 2.36. The molecule has 2 aliphatic heterocycles. The van der Waals surface area contributed by atoms with Crippen molar-refractivity contribution >= 4 is 23.5 Å². The van der Waals surface area contributed by atoms with Gasteiger partial charge in [0.25, 0.3) is 0 Å². The zero-order valence-corrected chi connectivity index (χ0v) is 24.7. The predicted octanol–water partition coefficient (Wildman–Crippen LogP) is 5.58. The van der Waals surface area contributed by atoms with Crippen molar-refractivity contribution in [3.63, 3.8) is 0 Å². The van der Waals surface area contributed by atoms with E-state index in [-0.39, 0.29) is 27.4 Å². The van der Waals surface area contributed by atoms with Gasteiger partial charge in [-0.25, -0.2) is 0 Å². The molecule has 0 atom stereocenters. The van der Waals surface area contributed by atoms with Crippen LogP contribution in [0.15, 0.2) is 0 Å². The van der Waals surface area contributed by atoms with Crippen molar-refractivity contribution in [2.45, 2.75) is 142 Å². The summed E-state index contributed by atoms with van der Waals surface area (Å²) in [4.78, 5) is 19.3. The van der Waals surface area contributed by atoms with Crippen molar-refractivity contribution in [2.24, 2.45) is 0 Å². The quantitative estimate of drug-likeness (QED) is 0.476. The molecule has 2 aliphatic rings. The molecule has 7 nitrogen and oxygen atoms in total. The van der Waals surface area contributed by atoms with Crippen LogP contribution in [0.1, 0.15) is 108 Å². The van der Waals surface area contributed by atoms with Gasteiger partial charge in [0.1, 0.15) is 0 Å². The van der Waals surface area contributed by atoms with Crippen LogP contribution in [0.2, 0.25) is 5.28 Å². The highest BCUT2D eigenvalue weighted by atomic mass is 35.5. The number of rotatable bonds is 8. The lowest BCUT2D eigenvalue weighted by atomic mass is 9.79. The Morgan fingerprint density at radius 2 is 0.971 bits per heavy atom. The predicted molar refractivity (Wildman–Crippen MR) is 149 cm³/mol. The number of halogens is 1. The van der Waals surface area contributed by atoms with Crippen molar-refractivity contribution < 1.29 is 0 Å². The Balaban J connectivity index is 1.99. The van der Waals surface area contributed by atoms with Gasteiger partial charge in [0.15, 0.2) is 0 Å². The minimum Gasteiger partial charge on any atom is -0.338 e. The molecule has 1 aromatic rings. The summed E-state index contributed by atoms with van der Waals surface area (Å²) in [6.45, 7) is 24.6. The maximum Gasteiger partial charge on any atom is 0.231 e. The van der Waals surface area contributed by atoms with E-state index in [0.29, 0.717) is 24.0 Å². The number of hydrogen-bond acceptors (Lipinski definition) is 7. The Labute approximate surface area is 219 Å². The van der Waals surface area contributed by atoms with E-state index in [1.54, 1.807) is 0 Å². The Morgan fingerprint density at radius 1 is 0.657 bits per heavy atom. The fourth-order valence-electron chi connectivity index (χ4n) is 6.94. The molecule has 200 valence electrons. The maximum absolute atomic E-state index is 6.60. The van der Waals surface area contributed by atoms with E-state index in [4.69, 9.17) is 16.6 Å². The van der Waals surface area contributed by atoms with Crippen LogP contribution in [0.4, 0.5) is 11.9 Å². The number of nitrogens with one attached hydrogen (secondary N) is 2. The molecule has 0 amide bonds. The van der Waals surface area contributed by atoms with Gasteiger partial charge in [0.2, 0.25) is 17.2 Å². The molecule has 0 bridgehead atoms. The summed E-state index contributed by atoms with van der Waals surface area (Å²) < 4.78 is 0. The fraction of sp³-hybridized carbons (Fsp3) is 0.889. The van der Waals surface area contributed by atoms with E-state index in [1.165, 1.54) is 0 Å². The number of aromatic nitrogens is 3. The van der Waals surface area contributed by atoms with Gasteiger partial charge >= 0.3 is 0 Å². The van der Waals surface area contributed by atoms with Crippen LogP contribution in [-0.4, -0.2) is 62.3 Å². The van der Waals surface area contributed by atoms with Crippen LogP contribution in [0.5, 0.6) is 0 Å². The molecule has 3 heterocycles. The summed E-state index contributed by atoms with van der Waals surface area (Å²) in [5, 5.41) is 7.90. The Morgan fingerprint density at radius 3 is 1.26 bits per heavy atom. The van der Waals surface area contributed by atoms with Crippen LogP contribution in [0.3, 0.4) is 0 Å². The molecule has 0 saturated carbocycles. The zero-order valence-electron chi connectivity index (χ0n) is 23.9. The molecule has 2 saturated heterocycles. The summed E-state index contributed by atoms with van der Waals surface area (Å²) in [6, 6.07) is 0.674. The Bertz CT molecular complexity index is 769. The SMILES string of the molecule is CCCN(c1nc(Cl)nc(N(CCC)C2CC(C)(C)NC(C)(C)C2)n1)C1CC(C)(C)NC(C)(C)C1. The summed E-state index contributed by atoms with van der Waals surface area (Å²) in [5.74, 6) is 1.43. The van der Waals surface area contributed by atoms with Crippen LogP contribution in [-0.2, 0) is 0 Å². The fourth-order valence-corrected chi connectivity index (χ4v) is 7.09. The third-order valence-corrected chi connectivity index (χ3v) is 7.42. The topological polar surface area (TPSA) is 69.2 Å². The molecule has 0 unspecified atom stereocenters. The molecule has 35 heavy (non-hydrogen) atoms. The van der Waals surface area contributed by atoms with Crippen molar-refractivity contribution in [3.05, 3.63) is 5.28 Å². The van der Waals surface area contributed by atoms with Gasteiger partial charge in [-0.3, -0.25) is 0 Å². The van der Waals surface area contributed by atoms with Gasteiger partial charge in [-0.2, -0.15) is 15.0 Å². The van der Waals surface area contributed by atoms with Crippen LogP contribution in [0.25, 0.3) is 0 Å². The number of hydrogen-bond donors (Lipinski definition) is 2. The first-order valence-corrected chi connectivity index (χ1v) is 14.0. The maximum atomic E-state index is 6.60. The van der Waals surface area contributed by atoms with Gasteiger partial charge in [-0.15, -0.1) is 0 Å². The molecule has 2 fully saturated rings. The largest absolute Gasteiger partial charge is 0.338 e. The summed E-state index contributed by atoms with van der Waals surface area (Å²) in [6.07, 6.45) is 6.18. The second-order valence-electron chi connectivity index (χ2n) is 13.5. The monoisotopic (exact) mass is 507 g/mol. The lowest BCUT2D eigenvalue weighted by Gasteiger charge is -2.50. The number of anilines is 2. The van der Waals surface area contributed by atoms with Gasteiger partial charge in [0.05, 0.1) is 0 Å². The molecule has 8 heteroatoms. The first-order chi connectivity index (χ1) is 16.1. The van der Waals surface area contributed by atoms with Crippen molar-refractivity contribution in [2.75, 3.05) is 22.9 Å². The molecule has 0 radical (unpaired) electrons. The lowest BCUT2D eigenvalue weighted by Crippen LogP contribution is -2.63. The number of nitrogens with zero attached hydrogens (tertiary/aromatic N) is 5. The second-order valence-corrected chi connectivity index (χ2v) is 13.8. The van der Waals surface area contributed by atoms with Crippen LogP contribution in [0, 0.1) is 0 Å². The first-order valence-electron chi connectivity index (χ1n) is 13.6. The molecule has 3 rings (SSSR count). The zero-order chi connectivity index (χ0) is 26.2. The number of piperidine rings is 2. The van der Waals surface area contributed by atoms with Gasteiger partial charge < -0.3 is 20.4 Å². The molecular weight excluding hydrogens is 458 g/mol. The van der Waals surface area contributed by atoms with E-state index < -0.39 is 0 Å². The first kappa shape index (κ1) is 28.4. The van der Waals surface area contributed by atoms with Crippen LogP contribution >= 0.6 is 11.6 Å². The average Bonchev–Trinajstić information content (AvgIpc) is 2.64. The normalized spacial score (nSPS) is 23.7. The third-order valence-electron chi connectivity index (χ3n) is 7.25. The smallest absolute Gasteiger partial charge is 0.231 e. The van der Waals surface area contributed by atoms with E-state index in [0.717, 1.165) is 51.6 Å². The van der Waals surface area contributed by atoms with Crippen molar-refractivity contribution in [3.8, 4) is 0 Å². The molecule has 0 aliphatic carbocycles. The summed E-state index contributed by atoms with van der Waals surface area (Å²) in [7, 11) is 0. The Kier molecular flexibility index (Phi) is 8.35. The van der Waals surface area contributed by atoms with E-state index >= 15 is 0 Å². The molecular formula is C27H50ClN7. The van der Waals surface area contributed by atoms with E-state index in [1.807, 2.05) is 0 Å². The summed E-state index contributed by atoms with van der Waals surface area (Å²) >= 11 is 6.60. The summed E-state index contributed by atoms with van der Waals surface area (Å²) in [5.41, 5.74) is 0.161. The van der Waals surface area contributed by atoms with Crippen molar-refractivity contribution in [1.29, 1.82) is 0 Å². The van der Waals surface area contributed by atoms with Crippen molar-refractivity contribution in [1.82, 2.24) is 25.6 Å². The van der Waals surface area contributed by atoms with E-state index in [2.05, 4.69) is 99.6 Å². The third kappa shape index (κ3) is 7.42. The highest BCUT2D eigenvalue weighted by molar-refractivity contribution is 6.28. The molecule has 2 N–H and O–H groups in total. The van der Waals surface area contributed by atoms with E-state index in [9.17, 15) is 0 Å². The highest BCUT2D eigenvalue weighted by Gasteiger charge is 2.42. The average molecular weight is 508 g/mol. The van der Waals surface area contributed by atoms with Gasteiger partial charge in [-0.05, 0) is 106 Å². The lowest BCUT2D eigenvalue weighted by molar-refractivity contribution is 0.157. The van der Waals surface area contributed by atoms with Gasteiger partial charge in [-0.1, -0.05) is 13.8 Å². The Hall–Kier alpha value is -1.18. The minimum atomic E-state index is 0.0402. The molecule has 0 aromatic carbocycles.